The molecule has 216 valence electrons. The van der Waals surface area contributed by atoms with Crippen LogP contribution < -0.4 is 4.90 Å². The van der Waals surface area contributed by atoms with E-state index < -0.39 is 0 Å². The van der Waals surface area contributed by atoms with E-state index in [9.17, 15) is 0 Å². The van der Waals surface area contributed by atoms with E-state index in [1.807, 2.05) is 30.6 Å². The van der Waals surface area contributed by atoms with E-state index in [-0.39, 0.29) is 5.38 Å². The maximum atomic E-state index is 7.00. The molecular weight excluding hydrogens is 546 g/mol. The Morgan fingerprint density at radius 2 is 1.37 bits per heavy atom. The third kappa shape index (κ3) is 5.48. The molecule has 0 bridgehead atoms. The molecule has 3 atom stereocenters. The lowest BCUT2D eigenvalue weighted by Gasteiger charge is -2.36. The van der Waals surface area contributed by atoms with Crippen molar-refractivity contribution in [2.24, 2.45) is 5.92 Å². The number of likely N-dealkylation sites (N-methyl/N-ethyl adjacent to an activating group) is 1. The van der Waals surface area contributed by atoms with Crippen LogP contribution >= 0.6 is 11.6 Å². The lowest BCUT2D eigenvalue weighted by Crippen LogP contribution is -2.44. The summed E-state index contributed by atoms with van der Waals surface area (Å²) in [5, 5.41) is 7.83. The first kappa shape index (κ1) is 27.9. The molecule has 0 saturated carbocycles. The first-order chi connectivity index (χ1) is 21.1. The Kier molecular flexibility index (Phi) is 7.78. The molecule has 2 aliphatic rings. The summed E-state index contributed by atoms with van der Waals surface area (Å²) >= 11 is 7.00. The fourth-order valence-electron chi connectivity index (χ4n) is 6.99. The maximum absolute atomic E-state index is 7.00. The van der Waals surface area contributed by atoms with Crippen LogP contribution in [0, 0.1) is 5.92 Å². The summed E-state index contributed by atoms with van der Waals surface area (Å²) in [6, 6.07) is 37.5. The average molecular weight is 584 g/mol. The molecule has 4 heteroatoms. The predicted octanol–water partition coefficient (Wildman–Crippen LogP) is 9.43. The van der Waals surface area contributed by atoms with Gasteiger partial charge in [-0.2, -0.15) is 0 Å². The van der Waals surface area contributed by atoms with Gasteiger partial charge in [0, 0.05) is 50.2 Å². The fraction of sp³-hybridized carbons (Fsp3) is 0.256. The second-order valence-electron chi connectivity index (χ2n) is 12.2. The molecule has 0 spiro atoms. The zero-order chi connectivity index (χ0) is 29.3. The van der Waals surface area contributed by atoms with Crippen molar-refractivity contribution in [1.29, 1.82) is 0 Å². The second-order valence-corrected chi connectivity index (χ2v) is 12.7. The van der Waals surface area contributed by atoms with Crippen molar-refractivity contribution in [3.63, 3.8) is 0 Å². The summed E-state index contributed by atoms with van der Waals surface area (Å²) in [4.78, 5) is 8.93. The number of hydrogen-bond acceptors (Lipinski definition) is 3. The van der Waals surface area contributed by atoms with Crippen LogP contribution in [0.4, 0.5) is 5.69 Å². The topological polar surface area (TPSA) is 19.4 Å². The Hall–Kier alpha value is -3.92. The molecule has 1 fully saturated rings. The van der Waals surface area contributed by atoms with Crippen LogP contribution in [0.2, 0.25) is 0 Å². The van der Waals surface area contributed by atoms with E-state index in [0.717, 1.165) is 32.6 Å². The number of aromatic nitrogens is 1. The number of pyridine rings is 1. The Balaban J connectivity index is 0.000000253. The first-order valence-electron chi connectivity index (χ1n) is 15.5. The van der Waals surface area contributed by atoms with Gasteiger partial charge in [0.15, 0.2) is 0 Å². The summed E-state index contributed by atoms with van der Waals surface area (Å²) in [6.07, 6.45) is 4.76. The minimum atomic E-state index is 0.0664. The van der Waals surface area contributed by atoms with E-state index in [1.54, 1.807) is 0 Å². The van der Waals surface area contributed by atoms with Gasteiger partial charge in [-0.25, -0.2) is 0 Å². The molecule has 8 rings (SSSR count). The van der Waals surface area contributed by atoms with Crippen LogP contribution in [-0.4, -0.2) is 43.1 Å². The number of piperazine rings is 1. The molecule has 2 heterocycles. The Bertz CT molecular complexity index is 1810. The Morgan fingerprint density at radius 1 is 0.674 bits per heavy atom. The minimum Gasteiger partial charge on any atom is -0.369 e. The summed E-state index contributed by atoms with van der Waals surface area (Å²) in [5.74, 6) is 0.816. The number of fused-ring (bicyclic) bond motifs is 6. The number of alkyl halides is 1. The zero-order valence-electron chi connectivity index (χ0n) is 25.0. The second kappa shape index (κ2) is 12.0. The van der Waals surface area contributed by atoms with Gasteiger partial charge in [-0.1, -0.05) is 91.9 Å². The first-order valence-corrected chi connectivity index (χ1v) is 15.9. The zero-order valence-corrected chi connectivity index (χ0v) is 25.7. The van der Waals surface area contributed by atoms with Crippen molar-refractivity contribution in [2.75, 3.05) is 38.1 Å². The molecule has 0 radical (unpaired) electrons. The fourth-order valence-corrected chi connectivity index (χ4v) is 7.28. The number of nitrogens with zero attached hydrogens (tertiary/aromatic N) is 3. The largest absolute Gasteiger partial charge is 0.369 e. The molecule has 1 aliphatic carbocycles. The SMILES string of the molecule is CC1CC(c2ccc(N3CCN(C)CC3)cc2)c2c(ccc3c2ccc2ccccc23)C1Cl.c1ccc2cnccc2c1. The molecule has 1 saturated heterocycles. The average Bonchev–Trinajstić information content (AvgIpc) is 3.07. The predicted molar refractivity (Wildman–Crippen MR) is 184 cm³/mol. The normalized spacial score (nSPS) is 20.5. The lowest BCUT2D eigenvalue weighted by atomic mass is 9.72. The highest BCUT2D eigenvalue weighted by Gasteiger charge is 2.33. The van der Waals surface area contributed by atoms with Gasteiger partial charge in [-0.05, 0) is 86.6 Å². The van der Waals surface area contributed by atoms with Crippen LogP contribution in [0.15, 0.2) is 116 Å². The lowest BCUT2D eigenvalue weighted by molar-refractivity contribution is 0.313. The highest BCUT2D eigenvalue weighted by atomic mass is 35.5. The van der Waals surface area contributed by atoms with E-state index in [4.69, 9.17) is 11.6 Å². The van der Waals surface area contributed by atoms with Crippen LogP contribution in [0.1, 0.15) is 41.3 Å². The Morgan fingerprint density at radius 3 is 2.14 bits per heavy atom. The van der Waals surface area contributed by atoms with Gasteiger partial charge >= 0.3 is 0 Å². The third-order valence-corrected chi connectivity index (χ3v) is 10.1. The van der Waals surface area contributed by atoms with Gasteiger partial charge in [0.05, 0.1) is 5.38 Å². The standard InChI is InChI=1S/C30H31ClN2.C9H7N/c1-20-19-28(22-7-10-23(11-8-22)33-17-15-32(2)16-18-33)29-26-12-9-21-5-3-4-6-24(21)25(26)13-14-27(29)30(20)31;1-2-4-9-7-10-6-5-8(9)3-1/h3-14,20,28,30H,15-19H2,1-2H3;1-7H. The summed E-state index contributed by atoms with van der Waals surface area (Å²) < 4.78 is 0. The van der Waals surface area contributed by atoms with Crippen molar-refractivity contribution in [3.05, 3.63) is 132 Å². The summed E-state index contributed by atoms with van der Waals surface area (Å²) in [7, 11) is 2.21. The van der Waals surface area contributed by atoms with Gasteiger partial charge in [-0.3, -0.25) is 4.98 Å². The number of halogens is 1. The minimum absolute atomic E-state index is 0.0664. The van der Waals surface area contributed by atoms with Crippen LogP contribution in [0.3, 0.4) is 0 Å². The van der Waals surface area contributed by atoms with E-state index in [0.29, 0.717) is 11.8 Å². The Labute approximate surface area is 259 Å². The van der Waals surface area contributed by atoms with Crippen molar-refractivity contribution in [2.45, 2.75) is 24.6 Å². The van der Waals surface area contributed by atoms with Gasteiger partial charge in [-0.15, -0.1) is 11.6 Å². The van der Waals surface area contributed by atoms with E-state index >= 15 is 0 Å². The molecule has 6 aromatic rings. The molecule has 5 aromatic carbocycles. The van der Waals surface area contributed by atoms with Crippen molar-refractivity contribution in [3.8, 4) is 0 Å². The van der Waals surface area contributed by atoms with Crippen molar-refractivity contribution < 1.29 is 0 Å². The molecule has 43 heavy (non-hydrogen) atoms. The number of hydrogen-bond donors (Lipinski definition) is 0. The van der Waals surface area contributed by atoms with Gasteiger partial charge < -0.3 is 9.80 Å². The summed E-state index contributed by atoms with van der Waals surface area (Å²) in [5.41, 5.74) is 5.50. The van der Waals surface area contributed by atoms with Crippen molar-refractivity contribution in [1.82, 2.24) is 9.88 Å². The highest BCUT2D eigenvalue weighted by Crippen LogP contribution is 2.50. The summed E-state index contributed by atoms with van der Waals surface area (Å²) in [6.45, 7) is 6.77. The van der Waals surface area contributed by atoms with Crippen LogP contribution in [0.25, 0.3) is 32.3 Å². The quantitative estimate of drug-likeness (QED) is 0.149. The molecule has 0 amide bonds. The van der Waals surface area contributed by atoms with E-state index in [2.05, 4.69) is 114 Å². The number of anilines is 1. The van der Waals surface area contributed by atoms with Crippen LogP contribution in [-0.2, 0) is 0 Å². The monoisotopic (exact) mass is 583 g/mol. The molecule has 3 unspecified atom stereocenters. The van der Waals surface area contributed by atoms with Crippen LogP contribution in [0.5, 0.6) is 0 Å². The van der Waals surface area contributed by atoms with Crippen molar-refractivity contribution >= 4 is 49.6 Å². The van der Waals surface area contributed by atoms with Gasteiger partial charge in [0.2, 0.25) is 0 Å². The molecule has 1 aromatic heterocycles. The molecular formula is C39H38ClN3. The highest BCUT2D eigenvalue weighted by molar-refractivity contribution is 6.21. The number of benzene rings is 5. The third-order valence-electron chi connectivity index (χ3n) is 9.47. The van der Waals surface area contributed by atoms with Gasteiger partial charge in [0.25, 0.3) is 0 Å². The maximum Gasteiger partial charge on any atom is 0.0614 e. The smallest absolute Gasteiger partial charge is 0.0614 e. The molecule has 3 nitrogen and oxygen atoms in total. The number of rotatable bonds is 2. The van der Waals surface area contributed by atoms with E-state index in [1.165, 1.54) is 54.7 Å². The van der Waals surface area contributed by atoms with Gasteiger partial charge in [0.1, 0.15) is 0 Å². The molecule has 0 N–H and O–H groups in total. The molecule has 1 aliphatic heterocycles.